The summed E-state index contributed by atoms with van der Waals surface area (Å²) in [5.74, 6) is 6.02. The Bertz CT molecular complexity index is 469. The Morgan fingerprint density at radius 3 is 2.65 bits per heavy atom. The number of anilines is 2. The molecular weight excluding hydrogens is 301 g/mol. The van der Waals surface area contributed by atoms with Crippen molar-refractivity contribution < 1.29 is 4.79 Å². The molecule has 0 aromatic carbocycles. The highest BCUT2D eigenvalue weighted by Crippen LogP contribution is 2.28. The normalized spacial score (nSPS) is 11.8. The number of pyridine rings is 1. The highest BCUT2D eigenvalue weighted by atomic mass is 35.5. The molecule has 0 saturated carbocycles. The van der Waals surface area contributed by atoms with Gasteiger partial charge in [0.1, 0.15) is 5.82 Å². The minimum Gasteiger partial charge on any atom is -0.368 e. The summed E-state index contributed by atoms with van der Waals surface area (Å²) in [6.07, 6.45) is 1.23. The van der Waals surface area contributed by atoms with Crippen molar-refractivity contribution in [1.82, 2.24) is 10.3 Å². The van der Waals surface area contributed by atoms with E-state index in [1.165, 1.54) is 6.07 Å². The number of nitrogens with one attached hydrogen (secondary N) is 3. The zero-order valence-corrected chi connectivity index (χ0v) is 13.0. The summed E-state index contributed by atoms with van der Waals surface area (Å²) in [4.78, 5) is 15.7. The van der Waals surface area contributed by atoms with Crippen LogP contribution in [0.3, 0.4) is 0 Å². The highest BCUT2D eigenvalue weighted by molar-refractivity contribution is 6.37. The van der Waals surface area contributed by atoms with Crippen molar-refractivity contribution in [1.29, 1.82) is 0 Å². The Morgan fingerprint density at radius 2 is 2.05 bits per heavy atom. The average molecular weight is 320 g/mol. The Labute approximate surface area is 128 Å². The fraction of sp³-hybridized carbons (Fsp3) is 0.500. The Balaban J connectivity index is 2.52. The number of nitrogen functional groups attached to an aromatic ring is 1. The van der Waals surface area contributed by atoms with Crippen LogP contribution in [0.4, 0.5) is 11.6 Å². The summed E-state index contributed by atoms with van der Waals surface area (Å²) in [6.45, 7) is 4.39. The van der Waals surface area contributed by atoms with Gasteiger partial charge < -0.3 is 16.1 Å². The molecule has 1 aromatic rings. The Morgan fingerprint density at radius 1 is 1.40 bits per heavy atom. The van der Waals surface area contributed by atoms with E-state index in [0.29, 0.717) is 34.6 Å². The summed E-state index contributed by atoms with van der Waals surface area (Å²) in [5, 5.41) is 6.56. The number of nitrogens with zero attached hydrogens (tertiary/aromatic N) is 1. The van der Waals surface area contributed by atoms with E-state index in [0.717, 1.165) is 6.42 Å². The van der Waals surface area contributed by atoms with Crippen molar-refractivity contribution in [3.63, 3.8) is 0 Å². The summed E-state index contributed by atoms with van der Waals surface area (Å²) in [6, 6.07) is 1.71. The molecule has 0 aliphatic rings. The average Bonchev–Trinajstić information content (AvgIpc) is 2.41. The largest absolute Gasteiger partial charge is 0.368 e. The topological polar surface area (TPSA) is 92.1 Å². The van der Waals surface area contributed by atoms with Gasteiger partial charge in [0, 0.05) is 19.0 Å². The van der Waals surface area contributed by atoms with Crippen molar-refractivity contribution >= 4 is 40.7 Å². The molecule has 1 aromatic heterocycles. The van der Waals surface area contributed by atoms with Crippen LogP contribution in [0, 0.1) is 0 Å². The third-order valence-corrected chi connectivity index (χ3v) is 3.31. The van der Waals surface area contributed by atoms with Crippen LogP contribution in [0.2, 0.25) is 10.0 Å². The first-order valence-electron chi connectivity index (χ1n) is 6.33. The quantitative estimate of drug-likeness (QED) is 0.457. The molecule has 1 rings (SSSR count). The zero-order valence-electron chi connectivity index (χ0n) is 11.5. The van der Waals surface area contributed by atoms with Gasteiger partial charge in [-0.3, -0.25) is 4.79 Å². The lowest BCUT2D eigenvalue weighted by Crippen LogP contribution is -2.33. The van der Waals surface area contributed by atoms with Gasteiger partial charge in [0.15, 0.2) is 5.82 Å². The summed E-state index contributed by atoms with van der Waals surface area (Å²) < 4.78 is 0. The Hall–Kier alpha value is -1.24. The van der Waals surface area contributed by atoms with Gasteiger partial charge in [-0.25, -0.2) is 10.8 Å². The number of amides is 1. The molecule has 0 saturated heterocycles. The number of hydrazine groups is 1. The second-order valence-electron chi connectivity index (χ2n) is 4.35. The van der Waals surface area contributed by atoms with E-state index in [2.05, 4.69) is 21.0 Å². The van der Waals surface area contributed by atoms with Crippen LogP contribution in [-0.4, -0.2) is 23.5 Å². The van der Waals surface area contributed by atoms with E-state index < -0.39 is 0 Å². The van der Waals surface area contributed by atoms with Crippen molar-refractivity contribution in [2.24, 2.45) is 5.84 Å². The van der Waals surface area contributed by atoms with Gasteiger partial charge in [0.25, 0.3) is 0 Å². The minimum absolute atomic E-state index is 0.0193. The maximum absolute atomic E-state index is 11.6. The SMILES string of the molecule is CCC(C)NC(=O)CCNc1nc(NN)c(Cl)cc1Cl. The molecule has 5 N–H and O–H groups in total. The van der Waals surface area contributed by atoms with Crippen LogP contribution >= 0.6 is 23.2 Å². The molecule has 20 heavy (non-hydrogen) atoms. The molecule has 0 fully saturated rings. The molecule has 0 aliphatic heterocycles. The second kappa shape index (κ2) is 8.14. The van der Waals surface area contributed by atoms with Crippen molar-refractivity contribution in [2.75, 3.05) is 17.3 Å². The molecule has 0 spiro atoms. The molecule has 1 unspecified atom stereocenters. The smallest absolute Gasteiger partial charge is 0.221 e. The van der Waals surface area contributed by atoms with Gasteiger partial charge in [0.2, 0.25) is 5.91 Å². The molecule has 0 aliphatic carbocycles. The lowest BCUT2D eigenvalue weighted by molar-refractivity contribution is -0.121. The molecule has 1 heterocycles. The molecule has 0 radical (unpaired) electrons. The highest BCUT2D eigenvalue weighted by Gasteiger charge is 2.09. The van der Waals surface area contributed by atoms with E-state index in [9.17, 15) is 4.79 Å². The molecule has 1 atom stereocenters. The summed E-state index contributed by atoms with van der Waals surface area (Å²) >= 11 is 11.9. The molecular formula is C12H19Cl2N5O. The standard InChI is InChI=1S/C12H19Cl2N5O/c1-3-7(2)17-10(20)4-5-16-11-8(13)6-9(14)12(18-11)19-15/h6-7H,3-5,15H2,1-2H3,(H,17,20)(H2,16,18,19). The van der Waals surface area contributed by atoms with Gasteiger partial charge in [0.05, 0.1) is 10.0 Å². The first-order chi connectivity index (χ1) is 9.47. The summed E-state index contributed by atoms with van der Waals surface area (Å²) in [7, 11) is 0. The fourth-order valence-corrected chi connectivity index (χ4v) is 1.92. The number of rotatable bonds is 7. The number of aromatic nitrogens is 1. The predicted octanol–water partition coefficient (Wildman–Crippen LogP) is 2.39. The second-order valence-corrected chi connectivity index (χ2v) is 5.16. The van der Waals surface area contributed by atoms with Crippen molar-refractivity contribution in [3.8, 4) is 0 Å². The number of carbonyl (C=O) groups is 1. The predicted molar refractivity (Wildman–Crippen MR) is 83.1 cm³/mol. The number of carbonyl (C=O) groups excluding carboxylic acids is 1. The summed E-state index contributed by atoms with van der Waals surface area (Å²) in [5.41, 5.74) is 2.37. The number of nitrogens with two attached hydrogens (primary N) is 1. The lowest BCUT2D eigenvalue weighted by atomic mass is 10.2. The van der Waals surface area contributed by atoms with Crippen LogP contribution in [0.25, 0.3) is 0 Å². The van der Waals surface area contributed by atoms with Crippen molar-refractivity contribution in [2.45, 2.75) is 32.7 Å². The van der Waals surface area contributed by atoms with Gasteiger partial charge >= 0.3 is 0 Å². The van der Waals surface area contributed by atoms with Crippen LogP contribution in [0.15, 0.2) is 6.07 Å². The van der Waals surface area contributed by atoms with Gasteiger partial charge in [-0.1, -0.05) is 30.1 Å². The molecule has 6 nitrogen and oxygen atoms in total. The van der Waals surface area contributed by atoms with Crippen LogP contribution < -0.4 is 21.9 Å². The molecule has 1 amide bonds. The Kier molecular flexibility index (Phi) is 6.84. The van der Waals surface area contributed by atoms with E-state index in [1.807, 2.05) is 13.8 Å². The van der Waals surface area contributed by atoms with E-state index in [4.69, 9.17) is 29.0 Å². The first kappa shape index (κ1) is 16.8. The number of hydrogen-bond acceptors (Lipinski definition) is 5. The van der Waals surface area contributed by atoms with E-state index >= 15 is 0 Å². The lowest BCUT2D eigenvalue weighted by Gasteiger charge is -2.13. The maximum atomic E-state index is 11.6. The fourth-order valence-electron chi connectivity index (χ4n) is 1.44. The van der Waals surface area contributed by atoms with Gasteiger partial charge in [-0.05, 0) is 19.4 Å². The minimum atomic E-state index is -0.0193. The van der Waals surface area contributed by atoms with Crippen molar-refractivity contribution in [3.05, 3.63) is 16.1 Å². The molecule has 112 valence electrons. The van der Waals surface area contributed by atoms with Crippen LogP contribution in [0.1, 0.15) is 26.7 Å². The molecule has 0 bridgehead atoms. The van der Waals surface area contributed by atoms with E-state index in [-0.39, 0.29) is 11.9 Å². The van der Waals surface area contributed by atoms with Gasteiger partial charge in [-0.15, -0.1) is 0 Å². The monoisotopic (exact) mass is 319 g/mol. The van der Waals surface area contributed by atoms with Crippen LogP contribution in [-0.2, 0) is 4.79 Å². The number of hydrogen-bond donors (Lipinski definition) is 4. The molecule has 8 heteroatoms. The third kappa shape index (κ3) is 5.03. The van der Waals surface area contributed by atoms with Gasteiger partial charge in [-0.2, -0.15) is 0 Å². The van der Waals surface area contributed by atoms with Crippen LogP contribution in [0.5, 0.6) is 0 Å². The first-order valence-corrected chi connectivity index (χ1v) is 7.09. The third-order valence-electron chi connectivity index (χ3n) is 2.73. The number of halogens is 2. The maximum Gasteiger partial charge on any atom is 0.221 e. The van der Waals surface area contributed by atoms with E-state index in [1.54, 1.807) is 0 Å². The zero-order chi connectivity index (χ0) is 15.1.